The number of amides is 2. The largest absolute Gasteiger partial charge is 0.478 e. The van der Waals surface area contributed by atoms with Crippen LogP contribution in [0.2, 0.25) is 0 Å². The number of hydrazine groups is 1. The Kier molecular flexibility index (Phi) is 6.73. The molecule has 0 bridgehead atoms. The molecule has 0 saturated carbocycles. The number of fused-ring (bicyclic) bond motifs is 1. The first-order valence-electron chi connectivity index (χ1n) is 8.84. The number of carbonyl (C=O) groups excluding carboxylic acids is 2. The third-order valence-corrected chi connectivity index (χ3v) is 5.89. The lowest BCUT2D eigenvalue weighted by Crippen LogP contribution is -2.47. The van der Waals surface area contributed by atoms with Crippen LogP contribution in [0.1, 0.15) is 28.0 Å². The van der Waals surface area contributed by atoms with Crippen molar-refractivity contribution in [3.05, 3.63) is 56.7 Å². The lowest BCUT2D eigenvalue weighted by Gasteiger charge is -2.15. The molecule has 0 aliphatic heterocycles. The third-order valence-electron chi connectivity index (χ3n) is 4.15. The van der Waals surface area contributed by atoms with Gasteiger partial charge in [-0.15, -0.1) is 11.3 Å². The monoisotopic (exact) mass is 450 g/mol. The summed E-state index contributed by atoms with van der Waals surface area (Å²) in [6.07, 6.45) is 0.840. The molecule has 30 heavy (non-hydrogen) atoms. The van der Waals surface area contributed by atoms with Crippen molar-refractivity contribution >= 4 is 45.1 Å². The molecule has 1 aromatic carbocycles. The molecule has 8 nitrogen and oxygen atoms in total. The number of halogens is 1. The number of thioether (sulfide) groups is 1. The molecule has 0 unspecified atom stereocenters. The molecule has 158 valence electrons. The van der Waals surface area contributed by atoms with E-state index in [0.29, 0.717) is 27.4 Å². The van der Waals surface area contributed by atoms with Crippen molar-refractivity contribution in [1.82, 2.24) is 20.8 Å². The molecule has 0 aliphatic carbocycles. The summed E-state index contributed by atoms with van der Waals surface area (Å²) in [7, 11) is 0. The molecule has 11 heteroatoms. The minimum absolute atomic E-state index is 0.0711. The van der Waals surface area contributed by atoms with Crippen molar-refractivity contribution < 1.29 is 18.7 Å². The molecule has 3 N–H and O–H groups in total. The summed E-state index contributed by atoms with van der Waals surface area (Å²) in [5.41, 5.74) is 4.71. The van der Waals surface area contributed by atoms with Crippen LogP contribution in [0, 0.1) is 12.7 Å². The van der Waals surface area contributed by atoms with Gasteiger partial charge in [-0.25, -0.2) is 9.37 Å². The Morgan fingerprint density at radius 1 is 1.33 bits per heavy atom. The van der Waals surface area contributed by atoms with E-state index in [0.717, 1.165) is 11.3 Å². The SMILES string of the molecule is CSCc1nc2sc(C(=O)NNC(=O)[C@H](C)Oc3ccccc3F)c(C)c2c(=O)[nH]1. The van der Waals surface area contributed by atoms with Crippen LogP contribution in [-0.2, 0) is 10.5 Å². The van der Waals surface area contributed by atoms with Gasteiger partial charge in [-0.05, 0) is 37.8 Å². The topological polar surface area (TPSA) is 113 Å². The number of hydrogen-bond donors (Lipinski definition) is 3. The lowest BCUT2D eigenvalue weighted by atomic mass is 10.2. The molecular weight excluding hydrogens is 431 g/mol. The highest BCUT2D eigenvalue weighted by Crippen LogP contribution is 2.27. The highest BCUT2D eigenvalue weighted by atomic mass is 32.2. The van der Waals surface area contributed by atoms with Crippen molar-refractivity contribution in [2.75, 3.05) is 6.26 Å². The van der Waals surface area contributed by atoms with Crippen molar-refractivity contribution in [2.45, 2.75) is 25.7 Å². The maximum absolute atomic E-state index is 13.6. The summed E-state index contributed by atoms with van der Waals surface area (Å²) in [5, 5.41) is 0.345. The van der Waals surface area contributed by atoms with E-state index < -0.39 is 23.7 Å². The van der Waals surface area contributed by atoms with Crippen LogP contribution in [0.3, 0.4) is 0 Å². The number of aromatic amines is 1. The quantitative estimate of drug-likeness (QED) is 0.498. The van der Waals surface area contributed by atoms with Crippen molar-refractivity contribution in [1.29, 1.82) is 0 Å². The highest BCUT2D eigenvalue weighted by Gasteiger charge is 2.21. The van der Waals surface area contributed by atoms with Crippen molar-refractivity contribution in [2.24, 2.45) is 0 Å². The number of ether oxygens (including phenoxy) is 1. The number of carbonyl (C=O) groups is 2. The zero-order valence-corrected chi connectivity index (χ0v) is 18.0. The van der Waals surface area contributed by atoms with Gasteiger partial charge in [0.05, 0.1) is 16.0 Å². The number of nitrogens with zero attached hydrogens (tertiary/aromatic N) is 1. The Labute approximate surface area is 179 Å². The van der Waals surface area contributed by atoms with E-state index in [-0.39, 0.29) is 16.2 Å². The fraction of sp³-hybridized carbons (Fsp3) is 0.263. The van der Waals surface area contributed by atoms with E-state index in [4.69, 9.17) is 4.74 Å². The van der Waals surface area contributed by atoms with Crippen LogP contribution in [0.25, 0.3) is 10.2 Å². The van der Waals surface area contributed by atoms with Crippen molar-refractivity contribution in [3.63, 3.8) is 0 Å². The van der Waals surface area contributed by atoms with Gasteiger partial charge in [-0.2, -0.15) is 11.8 Å². The molecule has 3 aromatic rings. The molecule has 0 fully saturated rings. The Morgan fingerprint density at radius 3 is 2.77 bits per heavy atom. The zero-order valence-electron chi connectivity index (χ0n) is 16.4. The van der Waals surface area contributed by atoms with Crippen LogP contribution >= 0.6 is 23.1 Å². The first kappa shape index (κ1) is 21.8. The maximum Gasteiger partial charge on any atom is 0.280 e. The van der Waals surface area contributed by atoms with Crippen molar-refractivity contribution in [3.8, 4) is 5.75 Å². The minimum atomic E-state index is -1.05. The molecule has 0 saturated heterocycles. The summed E-state index contributed by atoms with van der Waals surface area (Å²) in [6.45, 7) is 3.07. The van der Waals surface area contributed by atoms with Crippen LogP contribution in [0.5, 0.6) is 5.75 Å². The van der Waals surface area contributed by atoms with Crippen LogP contribution in [-0.4, -0.2) is 34.1 Å². The van der Waals surface area contributed by atoms with Crippen LogP contribution in [0.4, 0.5) is 4.39 Å². The second kappa shape index (κ2) is 9.26. The summed E-state index contributed by atoms with van der Waals surface area (Å²) >= 11 is 2.58. The Hall–Kier alpha value is -2.92. The van der Waals surface area contributed by atoms with Crippen LogP contribution < -0.4 is 21.1 Å². The van der Waals surface area contributed by atoms with Gasteiger partial charge in [0, 0.05) is 0 Å². The number of rotatable bonds is 6. The number of aryl methyl sites for hydroxylation is 1. The minimum Gasteiger partial charge on any atom is -0.478 e. The summed E-state index contributed by atoms with van der Waals surface area (Å²) in [4.78, 5) is 44.9. The smallest absolute Gasteiger partial charge is 0.280 e. The molecule has 2 amide bonds. The third kappa shape index (κ3) is 4.62. The van der Waals surface area contributed by atoms with Gasteiger partial charge < -0.3 is 9.72 Å². The van der Waals surface area contributed by atoms with Gasteiger partial charge in [0.15, 0.2) is 17.7 Å². The predicted molar refractivity (Wildman–Crippen MR) is 114 cm³/mol. The average Bonchev–Trinajstić information content (AvgIpc) is 3.04. The van der Waals surface area contributed by atoms with E-state index in [9.17, 15) is 18.8 Å². The van der Waals surface area contributed by atoms with Gasteiger partial charge in [-0.1, -0.05) is 12.1 Å². The summed E-state index contributed by atoms with van der Waals surface area (Å²) in [5.74, 6) is -0.851. The Morgan fingerprint density at radius 2 is 2.07 bits per heavy atom. The molecule has 0 radical (unpaired) electrons. The first-order valence-corrected chi connectivity index (χ1v) is 11.1. The Bertz CT molecular complexity index is 1160. The molecule has 0 aliphatic rings. The first-order chi connectivity index (χ1) is 14.3. The zero-order chi connectivity index (χ0) is 21.8. The van der Waals surface area contributed by atoms with Gasteiger partial charge in [0.25, 0.3) is 17.4 Å². The fourth-order valence-corrected chi connectivity index (χ4v) is 4.18. The van der Waals surface area contributed by atoms with Gasteiger partial charge in [0.2, 0.25) is 0 Å². The van der Waals surface area contributed by atoms with Gasteiger partial charge in [0.1, 0.15) is 10.7 Å². The average molecular weight is 451 g/mol. The number of benzene rings is 1. The van der Waals surface area contributed by atoms with E-state index >= 15 is 0 Å². The predicted octanol–water partition coefficient (Wildman–Crippen LogP) is 2.52. The van der Waals surface area contributed by atoms with E-state index in [1.807, 2.05) is 6.26 Å². The van der Waals surface area contributed by atoms with Gasteiger partial charge in [-0.3, -0.25) is 25.2 Å². The number of hydrogen-bond acceptors (Lipinski definition) is 7. The van der Waals surface area contributed by atoms with E-state index in [1.165, 1.54) is 36.9 Å². The Balaban J connectivity index is 1.70. The second-order valence-electron chi connectivity index (χ2n) is 6.32. The van der Waals surface area contributed by atoms with E-state index in [2.05, 4.69) is 20.8 Å². The molecule has 0 spiro atoms. The number of thiophene rings is 1. The maximum atomic E-state index is 13.6. The van der Waals surface area contributed by atoms with Gasteiger partial charge >= 0.3 is 0 Å². The van der Waals surface area contributed by atoms with E-state index in [1.54, 1.807) is 13.0 Å². The van der Waals surface area contributed by atoms with Crippen LogP contribution in [0.15, 0.2) is 29.1 Å². The number of nitrogens with one attached hydrogen (secondary N) is 3. The molecule has 3 rings (SSSR count). The molecule has 2 heterocycles. The second-order valence-corrected chi connectivity index (χ2v) is 8.18. The lowest BCUT2D eigenvalue weighted by molar-refractivity contribution is -0.128. The summed E-state index contributed by atoms with van der Waals surface area (Å²) in [6, 6.07) is 5.69. The molecule has 2 aromatic heterocycles. The number of H-pyrrole nitrogens is 1. The normalized spacial score (nSPS) is 11.9. The molecular formula is C19H19FN4O4S2. The molecule has 1 atom stereocenters. The standard InChI is InChI=1S/C19H19FN4O4S2/c1-9-14-17(26)21-13(8-29-3)22-19(14)30-15(9)18(27)24-23-16(25)10(2)28-12-7-5-4-6-11(12)20/h4-7,10H,8H2,1-3H3,(H,23,25)(H,24,27)(H,21,22,26)/t10-/m0/s1. The summed E-state index contributed by atoms with van der Waals surface area (Å²) < 4.78 is 18.9. The fourth-order valence-electron chi connectivity index (χ4n) is 2.67. The highest BCUT2D eigenvalue weighted by molar-refractivity contribution is 7.97. The number of aromatic nitrogens is 2. The number of para-hydroxylation sites is 1.